The zero-order chi connectivity index (χ0) is 22.5. The molecule has 2 heterocycles. The molecule has 1 amide bonds. The van der Waals surface area contributed by atoms with Crippen LogP contribution in [0.2, 0.25) is 0 Å². The number of fused-ring (bicyclic) bond motifs is 3. The van der Waals surface area contributed by atoms with Crippen molar-refractivity contribution in [1.82, 2.24) is 19.8 Å². The minimum Gasteiger partial charge on any atom is -0.344 e. The smallest absolute Gasteiger partial charge is 0.243 e. The molecule has 1 aliphatic heterocycles. The van der Waals surface area contributed by atoms with Crippen LogP contribution in [0.5, 0.6) is 0 Å². The molecule has 1 unspecified atom stereocenters. The number of Topliss-reactive ketones (excluding diaryl/α,β-unsaturated/α-hetero) is 1. The molecule has 1 aliphatic carbocycles. The van der Waals surface area contributed by atoms with Crippen LogP contribution in [0.3, 0.4) is 0 Å². The molecule has 2 N–H and O–H groups in total. The van der Waals surface area contributed by atoms with E-state index in [9.17, 15) is 9.59 Å². The summed E-state index contributed by atoms with van der Waals surface area (Å²) in [7, 11) is 0. The van der Waals surface area contributed by atoms with Gasteiger partial charge in [-0.15, -0.1) is 0 Å². The maximum absolute atomic E-state index is 13.6. The zero-order valence-corrected chi connectivity index (χ0v) is 19.2. The molecule has 4 rings (SSSR count). The number of carbonyl (C=O) groups is 2. The van der Waals surface area contributed by atoms with E-state index in [-0.39, 0.29) is 11.8 Å². The topological polar surface area (TPSA) is 77.8 Å². The summed E-state index contributed by atoms with van der Waals surface area (Å²) in [5, 5.41) is 9.71. The van der Waals surface area contributed by atoms with Crippen LogP contribution < -0.4 is 5.48 Å². The van der Waals surface area contributed by atoms with Crippen LogP contribution in [0.25, 0.3) is 10.9 Å². The van der Waals surface area contributed by atoms with Gasteiger partial charge in [0.1, 0.15) is 0 Å². The molecule has 1 fully saturated rings. The van der Waals surface area contributed by atoms with Gasteiger partial charge in [0.2, 0.25) is 5.91 Å². The van der Waals surface area contributed by atoms with Gasteiger partial charge < -0.3 is 14.4 Å². The lowest BCUT2D eigenvalue weighted by atomic mass is 9.84. The molecule has 0 spiro atoms. The molecule has 0 bridgehead atoms. The summed E-state index contributed by atoms with van der Waals surface area (Å²) in [5.74, 6) is 0.0761. The fourth-order valence-electron chi connectivity index (χ4n) is 5.35. The first-order chi connectivity index (χ1) is 15.6. The number of aryl methyl sites for hydroxylation is 1. The van der Waals surface area contributed by atoms with Crippen molar-refractivity contribution >= 4 is 22.6 Å². The first-order valence-corrected chi connectivity index (χ1v) is 12.1. The third kappa shape index (κ3) is 4.90. The maximum Gasteiger partial charge on any atom is 0.243 e. The van der Waals surface area contributed by atoms with Crippen LogP contribution >= 0.6 is 0 Å². The monoisotopic (exact) mass is 440 g/mol. The van der Waals surface area contributed by atoms with E-state index in [2.05, 4.69) is 33.4 Å². The van der Waals surface area contributed by atoms with Crippen LogP contribution in [-0.2, 0) is 17.8 Å². The molecular weight excluding hydrogens is 404 g/mol. The fourth-order valence-corrected chi connectivity index (χ4v) is 5.35. The number of hydrogen-bond donors (Lipinski definition) is 2. The average molecular weight is 441 g/mol. The van der Waals surface area contributed by atoms with Gasteiger partial charge in [0.25, 0.3) is 0 Å². The van der Waals surface area contributed by atoms with Crippen molar-refractivity contribution in [1.29, 1.82) is 0 Å². The van der Waals surface area contributed by atoms with Crippen LogP contribution in [-0.4, -0.2) is 70.5 Å². The Morgan fingerprint density at radius 2 is 1.84 bits per heavy atom. The Hall–Kier alpha value is -2.22. The molecule has 1 aromatic heterocycles. The van der Waals surface area contributed by atoms with Gasteiger partial charge >= 0.3 is 0 Å². The number of nitrogens with zero attached hydrogens (tertiary/aromatic N) is 3. The molecule has 1 saturated heterocycles. The number of hydroxylamine groups is 1. The standard InChI is InChI=1S/C25H36N4O3/c1-2-27-14-16-28(17-15-27)18-19-11-12-22-24(25(19)31)20-8-5-6-9-21(20)29(22)13-7-3-4-10-23(30)26-32/h5-6,8-9,19,32H,2-4,7,10-18H2,1H3,(H,26,30). The number of amides is 1. The SMILES string of the molecule is CCN1CCN(CC2CCc3c(c4ccccc4n3CCCCCC(=O)NO)C2=O)CC1. The lowest BCUT2D eigenvalue weighted by Crippen LogP contribution is -2.48. The molecule has 0 saturated carbocycles. The molecule has 7 nitrogen and oxygen atoms in total. The predicted octanol–water partition coefficient (Wildman–Crippen LogP) is 3.09. The number of benzene rings is 1. The quantitative estimate of drug-likeness (QED) is 0.356. The Bertz CT molecular complexity index is 946. The number of likely N-dealkylation sites (N-methyl/N-ethyl adjacent to an activating group) is 1. The largest absolute Gasteiger partial charge is 0.344 e. The summed E-state index contributed by atoms with van der Waals surface area (Å²) in [5.41, 5.74) is 4.98. The third-order valence-corrected chi connectivity index (χ3v) is 7.23. The van der Waals surface area contributed by atoms with E-state index in [0.29, 0.717) is 12.2 Å². The van der Waals surface area contributed by atoms with E-state index in [0.717, 1.165) is 94.4 Å². The van der Waals surface area contributed by atoms with Gasteiger partial charge in [-0.05, 0) is 38.3 Å². The predicted molar refractivity (Wildman–Crippen MR) is 125 cm³/mol. The van der Waals surface area contributed by atoms with Crippen molar-refractivity contribution in [3.8, 4) is 0 Å². The Labute approximate surface area is 190 Å². The summed E-state index contributed by atoms with van der Waals surface area (Å²) in [6.45, 7) is 9.36. The molecule has 1 atom stereocenters. The molecule has 0 radical (unpaired) electrons. The van der Waals surface area contributed by atoms with Gasteiger partial charge in [0.15, 0.2) is 5.78 Å². The van der Waals surface area contributed by atoms with E-state index in [1.54, 1.807) is 5.48 Å². The Morgan fingerprint density at radius 1 is 1.09 bits per heavy atom. The van der Waals surface area contributed by atoms with Crippen molar-refractivity contribution in [2.24, 2.45) is 5.92 Å². The maximum atomic E-state index is 13.6. The van der Waals surface area contributed by atoms with Crippen LogP contribution in [0, 0.1) is 5.92 Å². The second-order valence-corrected chi connectivity index (χ2v) is 9.17. The normalized spacial score (nSPS) is 19.9. The zero-order valence-electron chi connectivity index (χ0n) is 19.2. The first-order valence-electron chi connectivity index (χ1n) is 12.1. The van der Waals surface area contributed by atoms with Gasteiger partial charge in [-0.25, -0.2) is 5.48 Å². The van der Waals surface area contributed by atoms with Crippen LogP contribution in [0.4, 0.5) is 0 Å². The van der Waals surface area contributed by atoms with Crippen molar-refractivity contribution in [2.75, 3.05) is 39.3 Å². The van der Waals surface area contributed by atoms with Crippen LogP contribution in [0.1, 0.15) is 55.1 Å². The number of piperazine rings is 1. The number of rotatable bonds is 9. The highest BCUT2D eigenvalue weighted by atomic mass is 16.5. The molecule has 2 aliphatic rings. The second kappa shape index (κ2) is 10.6. The number of unbranched alkanes of at least 4 members (excludes halogenated alkanes) is 2. The van der Waals surface area contributed by atoms with Gasteiger partial charge in [-0.3, -0.25) is 14.8 Å². The molecule has 1 aromatic carbocycles. The van der Waals surface area contributed by atoms with Crippen molar-refractivity contribution in [3.05, 3.63) is 35.5 Å². The lowest BCUT2D eigenvalue weighted by molar-refractivity contribution is -0.129. The third-order valence-electron chi connectivity index (χ3n) is 7.23. The lowest BCUT2D eigenvalue weighted by Gasteiger charge is -2.36. The molecular formula is C25H36N4O3. The van der Waals surface area contributed by atoms with Crippen molar-refractivity contribution in [3.63, 3.8) is 0 Å². The number of carbonyl (C=O) groups excluding carboxylic acids is 2. The molecule has 2 aromatic rings. The second-order valence-electron chi connectivity index (χ2n) is 9.17. The number of ketones is 1. The first kappa shape index (κ1) is 23.0. The minimum atomic E-state index is -0.332. The number of aromatic nitrogens is 1. The molecule has 7 heteroatoms. The van der Waals surface area contributed by atoms with E-state index in [4.69, 9.17) is 5.21 Å². The van der Waals surface area contributed by atoms with Gasteiger partial charge in [-0.2, -0.15) is 0 Å². The number of nitrogens with one attached hydrogen (secondary N) is 1. The average Bonchev–Trinajstić information content (AvgIpc) is 3.15. The van der Waals surface area contributed by atoms with Crippen LogP contribution in [0.15, 0.2) is 24.3 Å². The molecule has 32 heavy (non-hydrogen) atoms. The van der Waals surface area contributed by atoms with Crippen molar-refractivity contribution in [2.45, 2.75) is 52.0 Å². The highest BCUT2D eigenvalue weighted by Gasteiger charge is 2.34. The molecule has 174 valence electrons. The van der Waals surface area contributed by atoms with Gasteiger partial charge in [0, 0.05) is 73.8 Å². The van der Waals surface area contributed by atoms with E-state index >= 15 is 0 Å². The van der Waals surface area contributed by atoms with Gasteiger partial charge in [-0.1, -0.05) is 31.5 Å². The van der Waals surface area contributed by atoms with E-state index in [1.165, 1.54) is 5.69 Å². The summed E-state index contributed by atoms with van der Waals surface area (Å²) < 4.78 is 2.34. The Balaban J connectivity index is 1.45. The summed E-state index contributed by atoms with van der Waals surface area (Å²) in [4.78, 5) is 29.8. The summed E-state index contributed by atoms with van der Waals surface area (Å²) in [6, 6.07) is 8.29. The number of hydrogen-bond acceptors (Lipinski definition) is 5. The highest BCUT2D eigenvalue weighted by Crippen LogP contribution is 2.35. The summed E-state index contributed by atoms with van der Waals surface area (Å²) >= 11 is 0. The Morgan fingerprint density at radius 3 is 2.59 bits per heavy atom. The fraction of sp³-hybridized carbons (Fsp3) is 0.600. The minimum absolute atomic E-state index is 0.0897. The summed E-state index contributed by atoms with van der Waals surface area (Å²) in [6.07, 6.45) is 4.82. The van der Waals surface area contributed by atoms with Crippen molar-refractivity contribution < 1.29 is 14.8 Å². The van der Waals surface area contributed by atoms with E-state index in [1.807, 2.05) is 12.1 Å². The number of para-hydroxylation sites is 1. The highest BCUT2D eigenvalue weighted by molar-refractivity contribution is 6.11. The Kier molecular flexibility index (Phi) is 7.60. The van der Waals surface area contributed by atoms with Gasteiger partial charge in [0.05, 0.1) is 0 Å². The van der Waals surface area contributed by atoms with E-state index < -0.39 is 0 Å².